The molecule has 0 spiro atoms. The van der Waals surface area contributed by atoms with Crippen molar-refractivity contribution in [3.63, 3.8) is 0 Å². The predicted octanol–water partition coefficient (Wildman–Crippen LogP) is -0.111. The van der Waals surface area contributed by atoms with E-state index in [0.29, 0.717) is 35.9 Å². The maximum atomic E-state index is 12.4. The molecule has 0 unspecified atom stereocenters. The number of carboxylic acid groups (broad SMARTS) is 1. The van der Waals surface area contributed by atoms with Crippen LogP contribution in [0.3, 0.4) is 0 Å². The smallest absolute Gasteiger partial charge is 0.352 e. The quantitative estimate of drug-likeness (QED) is 0.551. The second kappa shape index (κ2) is 5.10. The molecule has 0 aromatic rings. The first-order valence-corrected chi connectivity index (χ1v) is 8.72. The summed E-state index contributed by atoms with van der Waals surface area (Å²) < 4.78 is 0. The molecule has 3 fully saturated rings. The molecular formula is C15H17N3O4S. The topological polar surface area (TPSA) is 104 Å². The van der Waals surface area contributed by atoms with Crippen LogP contribution in [-0.4, -0.2) is 62.4 Å². The molecule has 3 aliphatic heterocycles. The van der Waals surface area contributed by atoms with Gasteiger partial charge in [0.2, 0.25) is 11.8 Å². The molecule has 4 aliphatic rings. The highest BCUT2D eigenvalue weighted by Gasteiger charge is 2.51. The molecule has 1 aliphatic carbocycles. The number of allylic oxidation sites excluding steroid dienone is 1. The number of carbonyl (C=O) groups excluding carboxylic acids is 2. The summed E-state index contributed by atoms with van der Waals surface area (Å²) >= 11 is 1.45. The molecule has 2 saturated heterocycles. The lowest BCUT2D eigenvalue weighted by atomic mass is 10.0. The van der Waals surface area contributed by atoms with Gasteiger partial charge < -0.3 is 15.7 Å². The Morgan fingerprint density at radius 2 is 2.09 bits per heavy atom. The van der Waals surface area contributed by atoms with E-state index in [4.69, 9.17) is 5.73 Å². The summed E-state index contributed by atoms with van der Waals surface area (Å²) in [6, 6.07) is -0.275. The molecule has 8 heteroatoms. The molecular weight excluding hydrogens is 318 g/mol. The van der Waals surface area contributed by atoms with Crippen molar-refractivity contribution >= 4 is 29.5 Å². The molecule has 0 bridgehead atoms. The average molecular weight is 335 g/mol. The Morgan fingerprint density at radius 3 is 2.74 bits per heavy atom. The van der Waals surface area contributed by atoms with Crippen LogP contribution in [0.1, 0.15) is 19.3 Å². The van der Waals surface area contributed by atoms with Gasteiger partial charge in [-0.3, -0.25) is 14.5 Å². The number of nitrogens with two attached hydrogens (primary N) is 1. The number of β-lactam (4-membered cyclic amide) rings is 1. The fourth-order valence-electron chi connectivity index (χ4n) is 3.36. The first-order chi connectivity index (χ1) is 11.0. The monoisotopic (exact) mass is 335 g/mol. The minimum absolute atomic E-state index is 0.00324. The number of carboxylic acids is 1. The number of thioether (sulfide) groups is 1. The van der Waals surface area contributed by atoms with Gasteiger partial charge >= 0.3 is 5.97 Å². The first-order valence-electron chi connectivity index (χ1n) is 7.67. The van der Waals surface area contributed by atoms with Crippen molar-refractivity contribution in [2.45, 2.75) is 36.7 Å². The van der Waals surface area contributed by atoms with Crippen molar-refractivity contribution in [1.29, 1.82) is 0 Å². The summed E-state index contributed by atoms with van der Waals surface area (Å²) in [6.07, 6.45) is 4.42. The molecule has 0 aromatic heterocycles. The van der Waals surface area contributed by atoms with Gasteiger partial charge in [0.25, 0.3) is 0 Å². The lowest BCUT2D eigenvalue weighted by molar-refractivity contribution is -0.147. The number of rotatable bonds is 3. The molecule has 122 valence electrons. The largest absolute Gasteiger partial charge is 0.477 e. The van der Waals surface area contributed by atoms with E-state index >= 15 is 0 Å². The van der Waals surface area contributed by atoms with E-state index in [2.05, 4.69) is 0 Å². The Hall–Kier alpha value is -1.80. The van der Waals surface area contributed by atoms with Crippen LogP contribution in [0, 0.1) is 0 Å². The highest BCUT2D eigenvalue weighted by molar-refractivity contribution is 8.00. The Morgan fingerprint density at radius 1 is 1.35 bits per heavy atom. The molecule has 2 amide bonds. The van der Waals surface area contributed by atoms with E-state index in [1.807, 2.05) is 4.90 Å². The molecule has 0 radical (unpaired) electrons. The first kappa shape index (κ1) is 14.8. The lowest BCUT2D eigenvalue weighted by Gasteiger charge is -2.47. The number of amides is 2. The summed E-state index contributed by atoms with van der Waals surface area (Å²) in [7, 11) is 0. The zero-order chi connectivity index (χ0) is 16.3. The van der Waals surface area contributed by atoms with Crippen LogP contribution in [0.15, 0.2) is 22.9 Å². The fraction of sp³-hybridized carbons (Fsp3) is 0.533. The van der Waals surface area contributed by atoms with Gasteiger partial charge in [-0.1, -0.05) is 0 Å². The van der Waals surface area contributed by atoms with Crippen molar-refractivity contribution in [3.05, 3.63) is 22.9 Å². The minimum atomic E-state index is -1.15. The Bertz CT molecular complexity index is 682. The molecule has 1 saturated carbocycles. The summed E-state index contributed by atoms with van der Waals surface area (Å²) in [4.78, 5) is 39.0. The van der Waals surface area contributed by atoms with Crippen LogP contribution in [0.2, 0.25) is 0 Å². The van der Waals surface area contributed by atoms with Gasteiger partial charge in [-0.25, -0.2) is 4.79 Å². The number of aliphatic carboxylic acids is 1. The van der Waals surface area contributed by atoms with Crippen molar-refractivity contribution < 1.29 is 19.5 Å². The number of hydrogen-bond acceptors (Lipinski definition) is 5. The van der Waals surface area contributed by atoms with Gasteiger partial charge in [0.05, 0.1) is 0 Å². The summed E-state index contributed by atoms with van der Waals surface area (Å²) in [5.41, 5.74) is 6.87. The van der Waals surface area contributed by atoms with Gasteiger partial charge in [0.15, 0.2) is 0 Å². The van der Waals surface area contributed by atoms with Crippen molar-refractivity contribution in [3.8, 4) is 0 Å². The van der Waals surface area contributed by atoms with Crippen LogP contribution >= 0.6 is 11.8 Å². The zero-order valence-electron chi connectivity index (χ0n) is 12.4. The Kier molecular flexibility index (Phi) is 3.28. The van der Waals surface area contributed by atoms with E-state index in [0.717, 1.165) is 12.8 Å². The van der Waals surface area contributed by atoms with Crippen LogP contribution in [-0.2, 0) is 14.4 Å². The number of nitrogens with zero attached hydrogens (tertiary/aromatic N) is 2. The van der Waals surface area contributed by atoms with Crippen molar-refractivity contribution in [1.82, 2.24) is 9.80 Å². The van der Waals surface area contributed by atoms with Gasteiger partial charge in [0, 0.05) is 23.9 Å². The second-order valence-corrected chi connectivity index (χ2v) is 7.37. The third kappa shape index (κ3) is 2.20. The maximum Gasteiger partial charge on any atom is 0.352 e. The standard InChI is InChI=1S/C15H17N3O4S/c16-10-13(20)18-11(15(21)22)8(6-23-14(10)18)5-7-3-4-17(12(7)19)9-1-2-9/h5,9-10,14H,1-4,6,16H2,(H,21,22)/t10-,14-/m1/s1. The van der Waals surface area contributed by atoms with E-state index in [1.165, 1.54) is 16.7 Å². The van der Waals surface area contributed by atoms with Crippen LogP contribution in [0.5, 0.6) is 0 Å². The zero-order valence-corrected chi connectivity index (χ0v) is 13.2. The lowest BCUT2D eigenvalue weighted by Crippen LogP contribution is -2.68. The van der Waals surface area contributed by atoms with Gasteiger partial charge in [-0.15, -0.1) is 11.8 Å². The van der Waals surface area contributed by atoms with E-state index in [-0.39, 0.29) is 22.9 Å². The number of hydrogen-bond donors (Lipinski definition) is 2. The van der Waals surface area contributed by atoms with E-state index < -0.39 is 12.0 Å². The molecule has 4 rings (SSSR count). The summed E-state index contributed by atoms with van der Waals surface area (Å²) in [5, 5.41) is 9.19. The molecule has 3 N–H and O–H groups in total. The molecule has 2 atom stereocenters. The number of likely N-dealkylation sites (tertiary alicyclic amines) is 1. The normalized spacial score (nSPS) is 32.5. The number of carbonyl (C=O) groups is 3. The average Bonchev–Trinajstić information content (AvgIpc) is 3.31. The van der Waals surface area contributed by atoms with Crippen LogP contribution in [0.25, 0.3) is 0 Å². The molecule has 0 aromatic carbocycles. The molecule has 7 nitrogen and oxygen atoms in total. The van der Waals surface area contributed by atoms with E-state index in [9.17, 15) is 19.5 Å². The third-order valence-electron chi connectivity index (χ3n) is 4.74. The van der Waals surface area contributed by atoms with Gasteiger partial charge in [-0.2, -0.15) is 0 Å². The number of fused-ring (bicyclic) bond motifs is 1. The van der Waals surface area contributed by atoms with Gasteiger partial charge in [-0.05, 0) is 30.9 Å². The summed E-state index contributed by atoms with van der Waals surface area (Å²) in [6.45, 7) is 0.703. The fourth-order valence-corrected chi connectivity index (χ4v) is 4.62. The highest BCUT2D eigenvalue weighted by Crippen LogP contribution is 2.41. The van der Waals surface area contributed by atoms with Crippen LogP contribution in [0.4, 0.5) is 0 Å². The van der Waals surface area contributed by atoms with Crippen molar-refractivity contribution in [2.75, 3.05) is 12.3 Å². The highest BCUT2D eigenvalue weighted by atomic mass is 32.2. The maximum absolute atomic E-state index is 12.4. The minimum Gasteiger partial charge on any atom is -0.477 e. The SMILES string of the molecule is N[C@@H]1C(=O)N2C(C(=O)O)=C(C=C3CCN(C4CC4)C3=O)CS[C@H]12. The Labute approximate surface area is 137 Å². The Balaban J connectivity index is 1.66. The van der Waals surface area contributed by atoms with Crippen LogP contribution < -0.4 is 5.73 Å². The summed E-state index contributed by atoms with van der Waals surface area (Å²) in [5.74, 6) is -1.06. The predicted molar refractivity (Wildman–Crippen MR) is 83.2 cm³/mol. The molecule has 3 heterocycles. The second-order valence-electron chi connectivity index (χ2n) is 6.26. The van der Waals surface area contributed by atoms with Crippen molar-refractivity contribution in [2.24, 2.45) is 5.73 Å². The molecule has 23 heavy (non-hydrogen) atoms. The third-order valence-corrected chi connectivity index (χ3v) is 6.06. The van der Waals surface area contributed by atoms with E-state index in [1.54, 1.807) is 6.08 Å². The van der Waals surface area contributed by atoms with Gasteiger partial charge in [0.1, 0.15) is 17.1 Å².